The topological polar surface area (TPSA) is 114 Å². The molecule has 8 heteroatoms. The third-order valence-corrected chi connectivity index (χ3v) is 2.40. The van der Waals surface area contributed by atoms with E-state index in [-0.39, 0.29) is 13.0 Å². The van der Waals surface area contributed by atoms with Crippen LogP contribution in [0.1, 0.15) is 33.6 Å². The summed E-state index contributed by atoms with van der Waals surface area (Å²) in [4.78, 5) is 13.9. The van der Waals surface area contributed by atoms with Gasteiger partial charge in [0.1, 0.15) is 18.8 Å². The first-order valence-electron chi connectivity index (χ1n) is 6.71. The van der Waals surface area contributed by atoms with Crippen molar-refractivity contribution in [2.45, 2.75) is 52.0 Å². The Labute approximate surface area is 118 Å². The van der Waals surface area contributed by atoms with E-state index >= 15 is 0 Å². The zero-order valence-electron chi connectivity index (χ0n) is 12.2. The SMILES string of the molecule is CCCC(=O)OC[C@H](N=[N+]=[N-])[C@@H](O)C(OCC)OCC. The second kappa shape index (κ2) is 11.5. The first-order chi connectivity index (χ1) is 9.60. The Bertz CT molecular complexity index is 314. The molecule has 0 saturated heterocycles. The molecule has 2 atom stereocenters. The van der Waals surface area contributed by atoms with Gasteiger partial charge in [-0.15, -0.1) is 0 Å². The van der Waals surface area contributed by atoms with Gasteiger partial charge in [-0.3, -0.25) is 4.79 Å². The van der Waals surface area contributed by atoms with Gasteiger partial charge in [0.05, 0.1) is 0 Å². The van der Waals surface area contributed by atoms with E-state index in [2.05, 4.69) is 10.0 Å². The van der Waals surface area contributed by atoms with Gasteiger partial charge in [-0.1, -0.05) is 12.0 Å². The van der Waals surface area contributed by atoms with Crippen molar-refractivity contribution in [1.29, 1.82) is 0 Å². The number of hydrogen-bond acceptors (Lipinski definition) is 6. The highest BCUT2D eigenvalue weighted by Gasteiger charge is 2.29. The van der Waals surface area contributed by atoms with Crippen LogP contribution in [0, 0.1) is 0 Å². The molecule has 0 fully saturated rings. The Morgan fingerprint density at radius 2 is 1.90 bits per heavy atom. The molecule has 0 aromatic carbocycles. The molecule has 0 heterocycles. The number of hydrogen-bond donors (Lipinski definition) is 1. The van der Waals surface area contributed by atoms with Gasteiger partial charge in [0.2, 0.25) is 0 Å². The number of azide groups is 1. The summed E-state index contributed by atoms with van der Waals surface area (Å²) >= 11 is 0. The minimum absolute atomic E-state index is 0.208. The Kier molecular flexibility index (Phi) is 10.7. The van der Waals surface area contributed by atoms with Gasteiger partial charge in [-0.25, -0.2) is 0 Å². The molecule has 20 heavy (non-hydrogen) atoms. The first-order valence-corrected chi connectivity index (χ1v) is 6.71. The molecule has 0 aromatic rings. The second-order valence-electron chi connectivity index (χ2n) is 3.97. The number of nitrogens with zero attached hydrogens (tertiary/aromatic N) is 3. The van der Waals surface area contributed by atoms with Crippen molar-refractivity contribution in [3.05, 3.63) is 10.4 Å². The van der Waals surface area contributed by atoms with Crippen molar-refractivity contribution in [3.8, 4) is 0 Å². The van der Waals surface area contributed by atoms with E-state index in [0.717, 1.165) is 0 Å². The molecular formula is C12H23N3O5. The van der Waals surface area contributed by atoms with Crippen LogP contribution in [0.2, 0.25) is 0 Å². The average Bonchev–Trinajstić information content (AvgIpc) is 2.43. The molecule has 0 rings (SSSR count). The van der Waals surface area contributed by atoms with Crippen LogP contribution in [0.5, 0.6) is 0 Å². The quantitative estimate of drug-likeness (QED) is 0.205. The smallest absolute Gasteiger partial charge is 0.305 e. The molecule has 0 unspecified atom stereocenters. The number of aliphatic hydroxyl groups is 1. The zero-order chi connectivity index (χ0) is 15.4. The van der Waals surface area contributed by atoms with Crippen LogP contribution in [0.4, 0.5) is 0 Å². The van der Waals surface area contributed by atoms with Crippen LogP contribution in [0.15, 0.2) is 5.11 Å². The predicted molar refractivity (Wildman–Crippen MR) is 71.8 cm³/mol. The van der Waals surface area contributed by atoms with Gasteiger partial charge in [-0.2, -0.15) is 0 Å². The first kappa shape index (κ1) is 18.7. The molecule has 1 N–H and O–H groups in total. The van der Waals surface area contributed by atoms with E-state index in [1.165, 1.54) is 0 Å². The van der Waals surface area contributed by atoms with Crippen molar-refractivity contribution in [2.24, 2.45) is 5.11 Å². The standard InChI is InChI=1S/C12H23N3O5/c1-4-7-10(16)20-8-9(14-15-13)11(17)12(18-5-2)19-6-3/h9,11-12,17H,4-8H2,1-3H3/t9-,11+/m0/s1. The molecule has 0 spiro atoms. The molecule has 0 bridgehead atoms. The number of rotatable bonds is 11. The van der Waals surface area contributed by atoms with Gasteiger partial charge in [0.15, 0.2) is 6.29 Å². The fourth-order valence-electron chi connectivity index (χ4n) is 1.48. The highest BCUT2D eigenvalue weighted by atomic mass is 16.7. The molecule has 0 aliphatic heterocycles. The van der Waals surface area contributed by atoms with E-state index < -0.39 is 24.4 Å². The third-order valence-electron chi connectivity index (χ3n) is 2.40. The third kappa shape index (κ3) is 7.30. The summed E-state index contributed by atoms with van der Waals surface area (Å²) in [7, 11) is 0. The molecule has 116 valence electrons. The lowest BCUT2D eigenvalue weighted by Crippen LogP contribution is -2.42. The van der Waals surface area contributed by atoms with Gasteiger partial charge in [-0.05, 0) is 25.8 Å². The van der Waals surface area contributed by atoms with E-state index in [1.807, 2.05) is 6.92 Å². The lowest BCUT2D eigenvalue weighted by atomic mass is 10.1. The normalized spacial score (nSPS) is 13.7. The van der Waals surface area contributed by atoms with Crippen molar-refractivity contribution >= 4 is 5.97 Å². The average molecular weight is 289 g/mol. The molecule has 0 aliphatic carbocycles. The van der Waals surface area contributed by atoms with Gasteiger partial charge in [0, 0.05) is 24.5 Å². The largest absolute Gasteiger partial charge is 0.465 e. The lowest BCUT2D eigenvalue weighted by molar-refractivity contribution is -0.197. The lowest BCUT2D eigenvalue weighted by Gasteiger charge is -2.26. The van der Waals surface area contributed by atoms with Crippen LogP contribution in [-0.4, -0.2) is 49.3 Å². The summed E-state index contributed by atoms with van der Waals surface area (Å²) < 4.78 is 15.4. The Hall–Kier alpha value is -1.34. The number of carbonyl (C=O) groups is 1. The van der Waals surface area contributed by atoms with Gasteiger partial charge in [0.25, 0.3) is 0 Å². The zero-order valence-corrected chi connectivity index (χ0v) is 12.2. The fraction of sp³-hybridized carbons (Fsp3) is 0.917. The van der Waals surface area contributed by atoms with E-state index in [9.17, 15) is 9.90 Å². The maximum Gasteiger partial charge on any atom is 0.305 e. The maximum absolute atomic E-state index is 11.3. The van der Waals surface area contributed by atoms with Gasteiger partial charge >= 0.3 is 5.97 Å². The van der Waals surface area contributed by atoms with E-state index in [1.54, 1.807) is 13.8 Å². The summed E-state index contributed by atoms with van der Waals surface area (Å²) in [5.74, 6) is -0.401. The molecular weight excluding hydrogens is 266 g/mol. The highest BCUT2D eigenvalue weighted by Crippen LogP contribution is 2.11. The highest BCUT2D eigenvalue weighted by molar-refractivity contribution is 5.69. The van der Waals surface area contributed by atoms with Crippen LogP contribution >= 0.6 is 0 Å². The van der Waals surface area contributed by atoms with Crippen molar-refractivity contribution in [3.63, 3.8) is 0 Å². The van der Waals surface area contributed by atoms with Crippen molar-refractivity contribution < 1.29 is 24.1 Å². The summed E-state index contributed by atoms with van der Waals surface area (Å²) in [6.45, 7) is 5.81. The van der Waals surface area contributed by atoms with Crippen molar-refractivity contribution in [1.82, 2.24) is 0 Å². The maximum atomic E-state index is 11.3. The van der Waals surface area contributed by atoms with Crippen LogP contribution in [0.25, 0.3) is 10.4 Å². The van der Waals surface area contributed by atoms with E-state index in [0.29, 0.717) is 19.6 Å². The minimum atomic E-state index is -1.21. The van der Waals surface area contributed by atoms with Crippen LogP contribution in [0.3, 0.4) is 0 Å². The second-order valence-corrected chi connectivity index (χ2v) is 3.97. The van der Waals surface area contributed by atoms with Gasteiger partial charge < -0.3 is 19.3 Å². The van der Waals surface area contributed by atoms with Crippen LogP contribution < -0.4 is 0 Å². The summed E-state index contributed by atoms with van der Waals surface area (Å²) in [6, 6.07) is -0.955. The fourth-order valence-corrected chi connectivity index (χ4v) is 1.48. The molecule has 0 amide bonds. The summed E-state index contributed by atoms with van der Waals surface area (Å²) in [6.07, 6.45) is -1.20. The number of aliphatic hydroxyl groups excluding tert-OH is 1. The van der Waals surface area contributed by atoms with Crippen LogP contribution in [-0.2, 0) is 19.0 Å². The number of carbonyl (C=O) groups excluding carboxylic acids is 1. The Morgan fingerprint density at radius 1 is 1.30 bits per heavy atom. The Morgan fingerprint density at radius 3 is 2.35 bits per heavy atom. The number of esters is 1. The predicted octanol–water partition coefficient (Wildman–Crippen LogP) is 1.77. The minimum Gasteiger partial charge on any atom is -0.465 e. The molecule has 0 radical (unpaired) electrons. The van der Waals surface area contributed by atoms with Crippen molar-refractivity contribution in [2.75, 3.05) is 19.8 Å². The summed E-state index contributed by atoms with van der Waals surface area (Å²) in [5, 5.41) is 13.5. The molecule has 0 aliphatic rings. The monoisotopic (exact) mass is 289 g/mol. The number of ether oxygens (including phenoxy) is 3. The van der Waals surface area contributed by atoms with E-state index in [4.69, 9.17) is 19.7 Å². The molecule has 8 nitrogen and oxygen atoms in total. The Balaban J connectivity index is 4.60. The molecule has 0 aromatic heterocycles. The molecule has 0 saturated carbocycles. The summed E-state index contributed by atoms with van der Waals surface area (Å²) in [5.41, 5.74) is 8.52.